The molecule has 5 heteroatoms. The predicted octanol–water partition coefficient (Wildman–Crippen LogP) is 2.12. The first-order valence-electron chi connectivity index (χ1n) is 8.93. The van der Waals surface area contributed by atoms with Crippen molar-refractivity contribution in [3.05, 3.63) is 23.8 Å². The SMILES string of the molecule is C[C@H]1C=C2C=C[C@H](C)C(CCC(O)C[C@@H](O)CC(=O)O)C2[C@@H](O)C1. The molecular weight excluding hydrogens is 308 g/mol. The lowest BCUT2D eigenvalue weighted by Gasteiger charge is -2.41. The largest absolute Gasteiger partial charge is 0.481 e. The van der Waals surface area contributed by atoms with Gasteiger partial charge in [0.2, 0.25) is 0 Å². The second-order valence-electron chi connectivity index (χ2n) is 7.57. The second-order valence-corrected chi connectivity index (χ2v) is 7.57. The molecule has 0 aromatic carbocycles. The van der Waals surface area contributed by atoms with Crippen molar-refractivity contribution in [2.45, 2.75) is 64.3 Å². The first-order valence-corrected chi connectivity index (χ1v) is 8.93. The van der Waals surface area contributed by atoms with E-state index < -0.39 is 18.2 Å². The van der Waals surface area contributed by atoms with Gasteiger partial charge in [-0.05, 0) is 49.0 Å². The summed E-state index contributed by atoms with van der Waals surface area (Å²) in [7, 11) is 0. The summed E-state index contributed by atoms with van der Waals surface area (Å²) >= 11 is 0. The molecular formula is C19H30O5. The van der Waals surface area contributed by atoms with Gasteiger partial charge in [0.1, 0.15) is 0 Å². The van der Waals surface area contributed by atoms with Crippen molar-refractivity contribution < 1.29 is 25.2 Å². The third-order valence-electron chi connectivity index (χ3n) is 5.41. The molecule has 2 rings (SSSR count). The topological polar surface area (TPSA) is 98.0 Å². The highest BCUT2D eigenvalue weighted by atomic mass is 16.4. The molecule has 0 spiro atoms. The Morgan fingerprint density at radius 1 is 1.29 bits per heavy atom. The zero-order valence-corrected chi connectivity index (χ0v) is 14.5. The number of fused-ring (bicyclic) bond motifs is 1. The van der Waals surface area contributed by atoms with Crippen LogP contribution >= 0.6 is 0 Å². The van der Waals surface area contributed by atoms with Gasteiger partial charge in [0.05, 0.1) is 24.7 Å². The van der Waals surface area contributed by atoms with E-state index in [9.17, 15) is 20.1 Å². The lowest BCUT2D eigenvalue weighted by molar-refractivity contribution is -0.139. The second kappa shape index (κ2) is 8.28. The third-order valence-corrected chi connectivity index (χ3v) is 5.41. The summed E-state index contributed by atoms with van der Waals surface area (Å²) in [6.07, 6.45) is 6.20. The summed E-state index contributed by atoms with van der Waals surface area (Å²) in [6.45, 7) is 4.25. The number of carboxylic acid groups (broad SMARTS) is 1. The molecule has 0 saturated heterocycles. The van der Waals surface area contributed by atoms with Crippen LogP contribution in [-0.2, 0) is 4.79 Å². The third kappa shape index (κ3) is 4.91. The number of hydrogen-bond donors (Lipinski definition) is 4. The number of carbonyl (C=O) groups is 1. The predicted molar refractivity (Wildman–Crippen MR) is 91.3 cm³/mol. The molecule has 3 unspecified atom stereocenters. The average molecular weight is 338 g/mol. The lowest BCUT2D eigenvalue weighted by Crippen LogP contribution is -2.38. The fourth-order valence-electron chi connectivity index (χ4n) is 4.23. The van der Waals surface area contributed by atoms with Gasteiger partial charge in [0.15, 0.2) is 0 Å². The minimum atomic E-state index is -1.06. The van der Waals surface area contributed by atoms with E-state index in [1.54, 1.807) is 0 Å². The number of aliphatic carboxylic acids is 1. The molecule has 4 N–H and O–H groups in total. The van der Waals surface area contributed by atoms with Crippen molar-refractivity contribution in [2.24, 2.45) is 23.7 Å². The van der Waals surface area contributed by atoms with Crippen molar-refractivity contribution >= 4 is 5.97 Å². The number of rotatable bonds is 7. The molecule has 7 atom stereocenters. The Morgan fingerprint density at radius 3 is 2.67 bits per heavy atom. The van der Waals surface area contributed by atoms with Crippen LogP contribution < -0.4 is 0 Å². The highest BCUT2D eigenvalue weighted by molar-refractivity contribution is 5.67. The molecule has 0 aromatic heterocycles. The van der Waals surface area contributed by atoms with Crippen LogP contribution in [0.1, 0.15) is 46.0 Å². The Hall–Kier alpha value is -1.17. The van der Waals surface area contributed by atoms with Crippen molar-refractivity contribution in [1.29, 1.82) is 0 Å². The summed E-state index contributed by atoms with van der Waals surface area (Å²) in [5, 5.41) is 38.9. The maximum atomic E-state index is 10.6. The first kappa shape index (κ1) is 19.2. The fraction of sp³-hybridized carbons (Fsp3) is 0.737. The molecule has 0 saturated carbocycles. The zero-order chi connectivity index (χ0) is 17.9. The van der Waals surface area contributed by atoms with Gasteiger partial charge in [0.25, 0.3) is 0 Å². The van der Waals surface area contributed by atoms with Crippen molar-refractivity contribution in [2.75, 3.05) is 0 Å². The van der Waals surface area contributed by atoms with Crippen LogP contribution in [0.5, 0.6) is 0 Å². The Labute approximate surface area is 143 Å². The van der Waals surface area contributed by atoms with Gasteiger partial charge in [-0.3, -0.25) is 4.79 Å². The van der Waals surface area contributed by atoms with Crippen LogP contribution in [0.3, 0.4) is 0 Å². The molecule has 0 aliphatic heterocycles. The molecule has 2 aliphatic rings. The molecule has 5 nitrogen and oxygen atoms in total. The van der Waals surface area contributed by atoms with Crippen LogP contribution in [-0.4, -0.2) is 44.7 Å². The Kier molecular flexibility index (Phi) is 6.61. The summed E-state index contributed by atoms with van der Waals surface area (Å²) in [5.74, 6) is 0.00962. The molecule has 136 valence electrons. The van der Waals surface area contributed by atoms with Gasteiger partial charge in [-0.2, -0.15) is 0 Å². The molecule has 0 fully saturated rings. The van der Waals surface area contributed by atoms with E-state index in [-0.39, 0.29) is 30.8 Å². The number of allylic oxidation sites excluding steroid dienone is 3. The van der Waals surface area contributed by atoms with Crippen LogP contribution in [0.25, 0.3) is 0 Å². The Balaban J connectivity index is 1.94. The number of aliphatic hydroxyl groups excluding tert-OH is 3. The van der Waals surface area contributed by atoms with Crippen LogP contribution in [0, 0.1) is 23.7 Å². The standard InChI is InChI=1S/C19H30O5/c1-11-7-13-4-3-12(2)16(19(13)17(22)8-11)6-5-14(20)9-15(21)10-18(23)24/h3-4,7,11-12,14-17,19-22H,5-6,8-10H2,1-2H3,(H,23,24)/t11-,12-,14?,15+,16?,17-,19?/m0/s1. The molecule has 2 aliphatic carbocycles. The van der Waals surface area contributed by atoms with Gasteiger partial charge < -0.3 is 20.4 Å². The van der Waals surface area contributed by atoms with Crippen molar-refractivity contribution in [3.8, 4) is 0 Å². The zero-order valence-electron chi connectivity index (χ0n) is 14.5. The summed E-state index contributed by atoms with van der Waals surface area (Å²) in [4.78, 5) is 10.6. The Morgan fingerprint density at radius 2 is 2.00 bits per heavy atom. The van der Waals surface area contributed by atoms with E-state index >= 15 is 0 Å². The first-order chi connectivity index (χ1) is 11.3. The van der Waals surface area contributed by atoms with E-state index in [1.165, 1.54) is 5.57 Å². The number of carboxylic acids is 1. The van der Waals surface area contributed by atoms with E-state index in [1.807, 2.05) is 0 Å². The molecule has 0 bridgehead atoms. The smallest absolute Gasteiger partial charge is 0.305 e. The molecule has 0 heterocycles. The van der Waals surface area contributed by atoms with E-state index in [2.05, 4.69) is 32.1 Å². The quantitative estimate of drug-likeness (QED) is 0.570. The number of aliphatic hydroxyl groups is 3. The van der Waals surface area contributed by atoms with Gasteiger partial charge >= 0.3 is 5.97 Å². The molecule has 0 amide bonds. The maximum absolute atomic E-state index is 10.6. The van der Waals surface area contributed by atoms with Gasteiger partial charge in [-0.15, -0.1) is 0 Å². The molecule has 0 radical (unpaired) electrons. The Bertz CT molecular complexity index is 498. The van der Waals surface area contributed by atoms with Crippen LogP contribution in [0.4, 0.5) is 0 Å². The number of hydrogen-bond acceptors (Lipinski definition) is 4. The lowest BCUT2D eigenvalue weighted by atomic mass is 9.65. The summed E-state index contributed by atoms with van der Waals surface area (Å²) in [6, 6.07) is 0. The highest BCUT2D eigenvalue weighted by Crippen LogP contribution is 2.43. The van der Waals surface area contributed by atoms with E-state index in [4.69, 9.17) is 5.11 Å². The summed E-state index contributed by atoms with van der Waals surface area (Å²) in [5.41, 5.74) is 1.20. The average Bonchev–Trinajstić information content (AvgIpc) is 2.45. The van der Waals surface area contributed by atoms with Gasteiger partial charge in [-0.25, -0.2) is 0 Å². The van der Waals surface area contributed by atoms with Crippen molar-refractivity contribution in [1.82, 2.24) is 0 Å². The van der Waals surface area contributed by atoms with Gasteiger partial charge in [0, 0.05) is 5.92 Å². The maximum Gasteiger partial charge on any atom is 0.305 e. The van der Waals surface area contributed by atoms with Crippen LogP contribution in [0.15, 0.2) is 23.8 Å². The van der Waals surface area contributed by atoms with Crippen LogP contribution in [0.2, 0.25) is 0 Å². The highest BCUT2D eigenvalue weighted by Gasteiger charge is 2.38. The van der Waals surface area contributed by atoms with E-state index in [0.29, 0.717) is 18.3 Å². The van der Waals surface area contributed by atoms with Crippen molar-refractivity contribution in [3.63, 3.8) is 0 Å². The normalized spacial score (nSPS) is 35.0. The minimum absolute atomic E-state index is 0.0796. The van der Waals surface area contributed by atoms with E-state index in [0.717, 1.165) is 12.8 Å². The van der Waals surface area contributed by atoms with Gasteiger partial charge in [-0.1, -0.05) is 32.1 Å². The molecule has 0 aromatic rings. The summed E-state index contributed by atoms with van der Waals surface area (Å²) < 4.78 is 0. The monoisotopic (exact) mass is 338 g/mol. The molecule has 24 heavy (non-hydrogen) atoms. The fourth-order valence-corrected chi connectivity index (χ4v) is 4.23. The minimum Gasteiger partial charge on any atom is -0.481 e.